The molecule has 1 aliphatic heterocycles. The monoisotopic (exact) mass is 500 g/mol. The molecule has 6 nitrogen and oxygen atoms in total. The van der Waals surface area contributed by atoms with Gasteiger partial charge in [-0.3, -0.25) is 19.8 Å². The fourth-order valence-corrected chi connectivity index (χ4v) is 4.53. The van der Waals surface area contributed by atoms with Gasteiger partial charge in [0, 0.05) is 6.04 Å². The quantitative estimate of drug-likeness (QED) is 0.464. The van der Waals surface area contributed by atoms with Crippen molar-refractivity contribution in [3.63, 3.8) is 0 Å². The number of halogens is 2. The van der Waals surface area contributed by atoms with Crippen LogP contribution in [-0.2, 0) is 16.2 Å². The molecule has 4 rings (SSSR count). The van der Waals surface area contributed by atoms with Crippen molar-refractivity contribution >= 4 is 39.9 Å². The van der Waals surface area contributed by atoms with Gasteiger partial charge in [0.25, 0.3) is 11.8 Å². The standard InChI is InChI=1S/C24H22BrFN2O4/c25-20-13-15(9-10-21(20)32-14-16-5-4-6-17(26)11-16)12-19-22(29)27-24(31)28(23(19)30)18-7-2-1-3-8-18/h4-6,9-13,18H,1-3,7-8,14H2,(H,27,29,31). The number of hydrogen-bond acceptors (Lipinski definition) is 4. The summed E-state index contributed by atoms with van der Waals surface area (Å²) in [6.07, 6.45) is 5.98. The molecule has 4 amide bonds. The number of urea groups is 1. The Morgan fingerprint density at radius 3 is 2.59 bits per heavy atom. The van der Waals surface area contributed by atoms with E-state index in [9.17, 15) is 18.8 Å². The summed E-state index contributed by atoms with van der Waals surface area (Å²) in [5.41, 5.74) is 1.22. The lowest BCUT2D eigenvalue weighted by atomic mass is 9.93. The van der Waals surface area contributed by atoms with Gasteiger partial charge >= 0.3 is 6.03 Å². The minimum atomic E-state index is -0.699. The molecule has 2 aliphatic rings. The number of nitrogens with zero attached hydrogens (tertiary/aromatic N) is 1. The molecule has 1 saturated carbocycles. The van der Waals surface area contributed by atoms with E-state index in [1.165, 1.54) is 23.1 Å². The number of carbonyl (C=O) groups is 3. The minimum Gasteiger partial charge on any atom is -0.488 e. The van der Waals surface area contributed by atoms with Crippen LogP contribution in [0.15, 0.2) is 52.5 Å². The van der Waals surface area contributed by atoms with Crippen molar-refractivity contribution in [2.24, 2.45) is 0 Å². The van der Waals surface area contributed by atoms with Crippen LogP contribution in [0.3, 0.4) is 0 Å². The Labute approximate surface area is 193 Å². The van der Waals surface area contributed by atoms with Gasteiger partial charge in [-0.2, -0.15) is 0 Å². The molecule has 1 heterocycles. The predicted octanol–water partition coefficient (Wildman–Crippen LogP) is 4.96. The average molecular weight is 501 g/mol. The van der Waals surface area contributed by atoms with Crippen molar-refractivity contribution in [1.82, 2.24) is 10.2 Å². The molecule has 0 bridgehead atoms. The molecule has 1 N–H and O–H groups in total. The first-order valence-corrected chi connectivity index (χ1v) is 11.3. The maximum Gasteiger partial charge on any atom is 0.331 e. The zero-order chi connectivity index (χ0) is 22.7. The number of rotatable bonds is 5. The molecule has 2 aromatic rings. The van der Waals surface area contributed by atoms with Crippen LogP contribution in [0, 0.1) is 5.82 Å². The number of ether oxygens (including phenoxy) is 1. The van der Waals surface area contributed by atoms with Gasteiger partial charge in [-0.1, -0.05) is 37.5 Å². The van der Waals surface area contributed by atoms with Gasteiger partial charge < -0.3 is 4.74 Å². The van der Waals surface area contributed by atoms with Gasteiger partial charge in [-0.05, 0) is 70.2 Å². The normalized spacial score (nSPS) is 18.8. The molecule has 0 radical (unpaired) electrons. The van der Waals surface area contributed by atoms with Gasteiger partial charge in [0.1, 0.15) is 23.7 Å². The number of nitrogens with one attached hydrogen (secondary N) is 1. The molecular formula is C24H22BrFN2O4. The van der Waals surface area contributed by atoms with Gasteiger partial charge in [0.05, 0.1) is 4.47 Å². The second-order valence-corrected chi connectivity index (χ2v) is 8.75. The Kier molecular flexibility index (Phi) is 6.69. The maximum atomic E-state index is 13.3. The number of hydrogen-bond donors (Lipinski definition) is 1. The van der Waals surface area contributed by atoms with Crippen molar-refractivity contribution in [2.45, 2.75) is 44.8 Å². The average Bonchev–Trinajstić information content (AvgIpc) is 2.77. The van der Waals surface area contributed by atoms with Crippen molar-refractivity contribution < 1.29 is 23.5 Å². The predicted molar refractivity (Wildman–Crippen MR) is 120 cm³/mol. The first-order valence-electron chi connectivity index (χ1n) is 10.5. The Morgan fingerprint density at radius 2 is 1.88 bits per heavy atom. The summed E-state index contributed by atoms with van der Waals surface area (Å²) in [5, 5.41) is 2.29. The van der Waals surface area contributed by atoms with E-state index in [-0.39, 0.29) is 24.0 Å². The maximum absolute atomic E-state index is 13.3. The van der Waals surface area contributed by atoms with Gasteiger partial charge in [0.15, 0.2) is 0 Å². The van der Waals surface area contributed by atoms with Crippen molar-refractivity contribution in [2.75, 3.05) is 0 Å². The van der Waals surface area contributed by atoms with E-state index >= 15 is 0 Å². The summed E-state index contributed by atoms with van der Waals surface area (Å²) < 4.78 is 19.7. The molecule has 0 aromatic heterocycles. The lowest BCUT2D eigenvalue weighted by Gasteiger charge is -2.35. The van der Waals surface area contributed by atoms with Crippen molar-refractivity contribution in [1.29, 1.82) is 0 Å². The Morgan fingerprint density at radius 1 is 1.09 bits per heavy atom. The summed E-state index contributed by atoms with van der Waals surface area (Å²) in [6.45, 7) is 0.191. The lowest BCUT2D eigenvalue weighted by molar-refractivity contribution is -0.132. The number of imide groups is 2. The summed E-state index contributed by atoms with van der Waals surface area (Å²) in [4.78, 5) is 38.9. The molecule has 166 valence electrons. The van der Waals surface area contributed by atoms with E-state index < -0.39 is 17.8 Å². The van der Waals surface area contributed by atoms with Crippen molar-refractivity contribution in [3.8, 4) is 5.75 Å². The third-order valence-electron chi connectivity index (χ3n) is 5.62. The summed E-state index contributed by atoms with van der Waals surface area (Å²) >= 11 is 3.44. The van der Waals surface area contributed by atoms with E-state index in [4.69, 9.17) is 4.74 Å². The number of amides is 4. The smallest absolute Gasteiger partial charge is 0.331 e. The molecule has 1 aliphatic carbocycles. The van der Waals surface area contributed by atoms with E-state index in [1.807, 2.05) is 0 Å². The lowest BCUT2D eigenvalue weighted by Crippen LogP contribution is -2.58. The molecule has 0 spiro atoms. The summed E-state index contributed by atoms with van der Waals surface area (Å²) in [5.74, 6) is -1.05. The molecule has 0 unspecified atom stereocenters. The van der Waals surface area contributed by atoms with Crippen LogP contribution in [0.4, 0.5) is 9.18 Å². The first kappa shape index (κ1) is 22.2. The SMILES string of the molecule is O=C1NC(=O)N(C2CCCCC2)C(=O)C1=Cc1ccc(OCc2cccc(F)c2)c(Br)c1. The van der Waals surface area contributed by atoms with E-state index in [0.29, 0.717) is 21.3 Å². The topological polar surface area (TPSA) is 75.7 Å². The Hall–Kier alpha value is -3.00. The fourth-order valence-electron chi connectivity index (χ4n) is 4.02. The second kappa shape index (κ2) is 9.65. The van der Waals surface area contributed by atoms with E-state index in [0.717, 1.165) is 32.1 Å². The molecule has 2 fully saturated rings. The highest BCUT2D eigenvalue weighted by atomic mass is 79.9. The van der Waals surface area contributed by atoms with Crippen LogP contribution < -0.4 is 10.1 Å². The number of benzene rings is 2. The molecule has 1 saturated heterocycles. The third-order valence-corrected chi connectivity index (χ3v) is 6.24. The van der Waals surface area contributed by atoms with Crippen LogP contribution in [0.25, 0.3) is 6.08 Å². The summed E-state index contributed by atoms with van der Waals surface area (Å²) in [7, 11) is 0. The van der Waals surface area contributed by atoms with Crippen LogP contribution in [-0.4, -0.2) is 28.8 Å². The Balaban J connectivity index is 1.51. The zero-order valence-corrected chi connectivity index (χ0v) is 18.9. The third kappa shape index (κ3) is 4.91. The molecule has 0 atom stereocenters. The number of carbonyl (C=O) groups excluding carboxylic acids is 3. The first-order chi connectivity index (χ1) is 15.4. The second-order valence-electron chi connectivity index (χ2n) is 7.89. The van der Waals surface area contributed by atoms with E-state index in [2.05, 4.69) is 21.2 Å². The zero-order valence-electron chi connectivity index (χ0n) is 17.3. The Bertz CT molecular complexity index is 1100. The van der Waals surface area contributed by atoms with Crippen molar-refractivity contribution in [3.05, 3.63) is 69.5 Å². The molecular weight excluding hydrogens is 479 g/mol. The van der Waals surface area contributed by atoms with Crippen LogP contribution in [0.2, 0.25) is 0 Å². The number of barbiturate groups is 1. The highest BCUT2D eigenvalue weighted by Crippen LogP contribution is 2.29. The van der Waals surface area contributed by atoms with E-state index in [1.54, 1.807) is 30.3 Å². The van der Waals surface area contributed by atoms with Gasteiger partial charge in [-0.15, -0.1) is 0 Å². The molecule has 32 heavy (non-hydrogen) atoms. The largest absolute Gasteiger partial charge is 0.488 e. The summed E-state index contributed by atoms with van der Waals surface area (Å²) in [6, 6.07) is 10.5. The van der Waals surface area contributed by atoms with Gasteiger partial charge in [-0.25, -0.2) is 9.18 Å². The van der Waals surface area contributed by atoms with Crippen LogP contribution in [0.1, 0.15) is 43.2 Å². The molecule has 2 aromatic carbocycles. The highest BCUT2D eigenvalue weighted by Gasteiger charge is 2.40. The minimum absolute atomic E-state index is 0.0736. The molecule has 8 heteroatoms. The van der Waals surface area contributed by atoms with Crippen LogP contribution in [0.5, 0.6) is 5.75 Å². The van der Waals surface area contributed by atoms with Crippen LogP contribution >= 0.6 is 15.9 Å². The highest BCUT2D eigenvalue weighted by molar-refractivity contribution is 9.10. The fraction of sp³-hybridized carbons (Fsp3) is 0.292. The van der Waals surface area contributed by atoms with Gasteiger partial charge in [0.2, 0.25) is 0 Å².